The molecule has 0 radical (unpaired) electrons. The van der Waals surface area contributed by atoms with E-state index in [0.717, 1.165) is 12.5 Å². The quantitative estimate of drug-likeness (QED) is 0.770. The predicted octanol–water partition coefficient (Wildman–Crippen LogP) is 3.45. The van der Waals surface area contributed by atoms with Crippen molar-refractivity contribution in [3.63, 3.8) is 0 Å². The van der Waals surface area contributed by atoms with Gasteiger partial charge in [-0.05, 0) is 19.3 Å². The normalized spacial score (nSPS) is 13.3. The van der Waals surface area contributed by atoms with Crippen molar-refractivity contribution in [2.75, 3.05) is 0 Å². The first-order valence-corrected chi connectivity index (χ1v) is 6.68. The van der Waals surface area contributed by atoms with Crippen molar-refractivity contribution >= 4 is 11.3 Å². The summed E-state index contributed by atoms with van der Waals surface area (Å²) in [5, 5.41) is 6.72. The first-order chi connectivity index (χ1) is 7.18. The van der Waals surface area contributed by atoms with E-state index in [-0.39, 0.29) is 0 Å². The average Bonchev–Trinajstić information content (AvgIpc) is 2.66. The Hall–Kier alpha value is -0.410. The molecule has 0 aliphatic heterocycles. The zero-order valence-corrected chi connectivity index (χ0v) is 10.8. The largest absolute Gasteiger partial charge is 0.308 e. The number of hydrogen-bond donors (Lipinski definition) is 1. The lowest BCUT2D eigenvalue weighted by Crippen LogP contribution is -2.25. The fraction of sp³-hybridized carbons (Fsp3) is 0.750. The van der Waals surface area contributed by atoms with Crippen LogP contribution < -0.4 is 5.32 Å². The molecule has 0 saturated heterocycles. The van der Waals surface area contributed by atoms with E-state index in [1.54, 1.807) is 11.3 Å². The van der Waals surface area contributed by atoms with E-state index < -0.39 is 0 Å². The van der Waals surface area contributed by atoms with Crippen molar-refractivity contribution in [2.45, 2.75) is 52.6 Å². The lowest BCUT2D eigenvalue weighted by Gasteiger charge is -2.13. The first kappa shape index (κ1) is 12.7. The summed E-state index contributed by atoms with van der Waals surface area (Å²) >= 11 is 1.72. The van der Waals surface area contributed by atoms with E-state index in [4.69, 9.17) is 0 Å². The van der Waals surface area contributed by atoms with Crippen LogP contribution in [-0.2, 0) is 6.54 Å². The predicted molar refractivity (Wildman–Crippen MR) is 67.1 cm³/mol. The third kappa shape index (κ3) is 5.90. The van der Waals surface area contributed by atoms with Crippen LogP contribution in [0.2, 0.25) is 0 Å². The van der Waals surface area contributed by atoms with Crippen LogP contribution in [0, 0.1) is 5.92 Å². The highest BCUT2D eigenvalue weighted by Crippen LogP contribution is 2.09. The molecular weight excluding hydrogens is 204 g/mol. The van der Waals surface area contributed by atoms with Crippen LogP contribution in [0.3, 0.4) is 0 Å². The maximum atomic E-state index is 4.25. The van der Waals surface area contributed by atoms with Crippen LogP contribution in [0.5, 0.6) is 0 Å². The molecule has 0 spiro atoms. The maximum Gasteiger partial charge on any atom is 0.106 e. The van der Waals surface area contributed by atoms with Gasteiger partial charge in [-0.25, -0.2) is 4.98 Å². The topological polar surface area (TPSA) is 24.9 Å². The van der Waals surface area contributed by atoms with Crippen molar-refractivity contribution in [1.82, 2.24) is 10.3 Å². The van der Waals surface area contributed by atoms with Gasteiger partial charge in [-0.2, -0.15) is 0 Å². The number of aromatic nitrogens is 1. The van der Waals surface area contributed by atoms with Gasteiger partial charge in [0.1, 0.15) is 5.01 Å². The van der Waals surface area contributed by atoms with Gasteiger partial charge in [0, 0.05) is 24.2 Å². The highest BCUT2D eigenvalue weighted by atomic mass is 32.1. The highest BCUT2D eigenvalue weighted by molar-refractivity contribution is 7.09. The van der Waals surface area contributed by atoms with Crippen LogP contribution >= 0.6 is 11.3 Å². The molecule has 15 heavy (non-hydrogen) atoms. The van der Waals surface area contributed by atoms with Crippen molar-refractivity contribution in [3.8, 4) is 0 Å². The standard InChI is InChI=1S/C12H22N2S/c1-10(2)5-4-6-11(3)14-9-12-13-7-8-15-12/h7-8,10-11,14H,4-6,9H2,1-3H3. The molecule has 86 valence electrons. The lowest BCUT2D eigenvalue weighted by atomic mass is 10.0. The lowest BCUT2D eigenvalue weighted by molar-refractivity contribution is 0.457. The Bertz CT molecular complexity index is 244. The van der Waals surface area contributed by atoms with E-state index in [0.29, 0.717) is 6.04 Å². The maximum absolute atomic E-state index is 4.25. The molecule has 1 aromatic rings. The molecule has 3 heteroatoms. The summed E-state index contributed by atoms with van der Waals surface area (Å²) < 4.78 is 0. The molecule has 1 atom stereocenters. The van der Waals surface area contributed by atoms with Gasteiger partial charge in [-0.1, -0.05) is 26.7 Å². The molecule has 0 fully saturated rings. The van der Waals surface area contributed by atoms with Crippen LogP contribution in [0.25, 0.3) is 0 Å². The van der Waals surface area contributed by atoms with Gasteiger partial charge in [0.2, 0.25) is 0 Å². The minimum atomic E-state index is 0.604. The fourth-order valence-electron chi connectivity index (χ4n) is 1.54. The molecule has 1 N–H and O–H groups in total. The van der Waals surface area contributed by atoms with Crippen LogP contribution in [0.1, 0.15) is 45.0 Å². The van der Waals surface area contributed by atoms with Crippen LogP contribution in [0.4, 0.5) is 0 Å². The van der Waals surface area contributed by atoms with Gasteiger partial charge in [-0.15, -0.1) is 11.3 Å². The van der Waals surface area contributed by atoms with E-state index in [9.17, 15) is 0 Å². The van der Waals surface area contributed by atoms with E-state index >= 15 is 0 Å². The summed E-state index contributed by atoms with van der Waals surface area (Å²) in [4.78, 5) is 4.25. The van der Waals surface area contributed by atoms with Crippen molar-refractivity contribution in [3.05, 3.63) is 16.6 Å². The van der Waals surface area contributed by atoms with Gasteiger partial charge in [0.15, 0.2) is 0 Å². The first-order valence-electron chi connectivity index (χ1n) is 5.80. The summed E-state index contributed by atoms with van der Waals surface area (Å²) in [6.07, 6.45) is 5.79. The summed E-state index contributed by atoms with van der Waals surface area (Å²) in [5.41, 5.74) is 0. The van der Waals surface area contributed by atoms with E-state index in [1.807, 2.05) is 11.6 Å². The third-order valence-electron chi connectivity index (χ3n) is 2.50. The molecule has 0 aliphatic carbocycles. The van der Waals surface area contributed by atoms with Gasteiger partial charge in [0.05, 0.1) is 0 Å². The fourth-order valence-corrected chi connectivity index (χ4v) is 2.10. The smallest absolute Gasteiger partial charge is 0.106 e. The molecule has 0 aliphatic rings. The minimum Gasteiger partial charge on any atom is -0.308 e. The number of rotatable bonds is 7. The molecule has 1 aromatic heterocycles. The number of nitrogens with zero attached hydrogens (tertiary/aromatic N) is 1. The monoisotopic (exact) mass is 226 g/mol. The van der Waals surface area contributed by atoms with Crippen molar-refractivity contribution in [1.29, 1.82) is 0 Å². The molecule has 0 saturated carbocycles. The SMILES string of the molecule is CC(C)CCCC(C)NCc1nccs1. The molecule has 1 unspecified atom stereocenters. The third-order valence-corrected chi connectivity index (χ3v) is 3.28. The van der Waals surface area contributed by atoms with E-state index in [2.05, 4.69) is 31.1 Å². The zero-order valence-electron chi connectivity index (χ0n) is 9.99. The minimum absolute atomic E-state index is 0.604. The summed E-state index contributed by atoms with van der Waals surface area (Å²) in [7, 11) is 0. The second kappa shape index (κ2) is 6.96. The number of hydrogen-bond acceptors (Lipinski definition) is 3. The second-order valence-electron chi connectivity index (χ2n) is 4.53. The Kier molecular flexibility index (Phi) is 5.88. The molecule has 2 nitrogen and oxygen atoms in total. The van der Waals surface area contributed by atoms with Crippen LogP contribution in [-0.4, -0.2) is 11.0 Å². The number of nitrogens with one attached hydrogen (secondary N) is 1. The second-order valence-corrected chi connectivity index (χ2v) is 5.51. The molecular formula is C12H22N2S. The Balaban J connectivity index is 2.06. The zero-order chi connectivity index (χ0) is 11.1. The Labute approximate surface area is 97.1 Å². The van der Waals surface area contributed by atoms with Crippen LogP contribution in [0.15, 0.2) is 11.6 Å². The Morgan fingerprint density at radius 3 is 2.73 bits per heavy atom. The Morgan fingerprint density at radius 1 is 1.33 bits per heavy atom. The van der Waals surface area contributed by atoms with Crippen molar-refractivity contribution in [2.24, 2.45) is 5.92 Å². The molecule has 0 amide bonds. The molecule has 1 rings (SSSR count). The van der Waals surface area contributed by atoms with Gasteiger partial charge >= 0.3 is 0 Å². The number of thiazole rings is 1. The van der Waals surface area contributed by atoms with Gasteiger partial charge in [-0.3, -0.25) is 0 Å². The van der Waals surface area contributed by atoms with Gasteiger partial charge < -0.3 is 5.32 Å². The highest BCUT2D eigenvalue weighted by Gasteiger charge is 2.03. The van der Waals surface area contributed by atoms with Gasteiger partial charge in [0.25, 0.3) is 0 Å². The Morgan fingerprint density at radius 2 is 2.13 bits per heavy atom. The molecule has 1 heterocycles. The van der Waals surface area contributed by atoms with Crippen molar-refractivity contribution < 1.29 is 0 Å². The van der Waals surface area contributed by atoms with E-state index in [1.165, 1.54) is 24.3 Å². The summed E-state index contributed by atoms with van der Waals surface area (Å²) in [6.45, 7) is 7.75. The summed E-state index contributed by atoms with van der Waals surface area (Å²) in [5.74, 6) is 0.830. The average molecular weight is 226 g/mol. The summed E-state index contributed by atoms with van der Waals surface area (Å²) in [6, 6.07) is 0.604. The molecule has 0 aromatic carbocycles. The molecule has 0 bridgehead atoms.